The standard InChI is InChI=1S/C13H11BrF2N2O2/c1-7(2)18-4-3-17-12(13(18)19)20-10-6-8(14)5-9(15)11(10)16/h3-7H,1-2H3. The summed E-state index contributed by atoms with van der Waals surface area (Å²) < 4.78 is 33.6. The van der Waals surface area contributed by atoms with Crippen LogP contribution in [0, 0.1) is 11.6 Å². The van der Waals surface area contributed by atoms with E-state index < -0.39 is 22.9 Å². The lowest BCUT2D eigenvalue weighted by atomic mass is 10.3. The molecule has 0 unspecified atom stereocenters. The summed E-state index contributed by atoms with van der Waals surface area (Å²) in [7, 11) is 0. The summed E-state index contributed by atoms with van der Waals surface area (Å²) >= 11 is 3.03. The van der Waals surface area contributed by atoms with Crippen LogP contribution in [0.1, 0.15) is 19.9 Å². The van der Waals surface area contributed by atoms with Crippen LogP contribution in [0.3, 0.4) is 0 Å². The topological polar surface area (TPSA) is 44.1 Å². The molecule has 0 bridgehead atoms. The van der Waals surface area contributed by atoms with Crippen molar-refractivity contribution in [1.82, 2.24) is 9.55 Å². The highest BCUT2D eigenvalue weighted by molar-refractivity contribution is 9.10. The molecule has 2 rings (SSSR count). The molecule has 1 aromatic heterocycles. The van der Waals surface area contributed by atoms with Crippen LogP contribution in [0.4, 0.5) is 8.78 Å². The molecule has 20 heavy (non-hydrogen) atoms. The monoisotopic (exact) mass is 344 g/mol. The van der Waals surface area contributed by atoms with Gasteiger partial charge in [-0.15, -0.1) is 0 Å². The number of aromatic nitrogens is 2. The minimum Gasteiger partial charge on any atom is -0.431 e. The van der Waals surface area contributed by atoms with Gasteiger partial charge in [-0.25, -0.2) is 9.37 Å². The van der Waals surface area contributed by atoms with Gasteiger partial charge >= 0.3 is 5.56 Å². The normalized spacial score (nSPS) is 10.9. The van der Waals surface area contributed by atoms with Gasteiger partial charge in [0.2, 0.25) is 5.82 Å². The first-order valence-corrected chi connectivity index (χ1v) is 6.59. The first-order chi connectivity index (χ1) is 9.40. The van der Waals surface area contributed by atoms with Gasteiger partial charge in [0.1, 0.15) is 0 Å². The van der Waals surface area contributed by atoms with Gasteiger partial charge in [-0.1, -0.05) is 15.9 Å². The fraction of sp³-hybridized carbons (Fsp3) is 0.231. The number of ether oxygens (including phenoxy) is 1. The number of nitrogens with zero attached hydrogens (tertiary/aromatic N) is 2. The predicted molar refractivity (Wildman–Crippen MR) is 73.0 cm³/mol. The smallest absolute Gasteiger partial charge is 0.313 e. The summed E-state index contributed by atoms with van der Waals surface area (Å²) in [6.07, 6.45) is 2.86. The summed E-state index contributed by atoms with van der Waals surface area (Å²) in [5, 5.41) is 0. The molecule has 7 heteroatoms. The van der Waals surface area contributed by atoms with Crippen LogP contribution in [-0.4, -0.2) is 9.55 Å². The third kappa shape index (κ3) is 2.87. The third-order valence-electron chi connectivity index (χ3n) is 2.56. The van der Waals surface area contributed by atoms with Crippen LogP contribution >= 0.6 is 15.9 Å². The molecule has 2 aromatic rings. The Hall–Kier alpha value is -1.76. The summed E-state index contributed by atoms with van der Waals surface area (Å²) in [6, 6.07) is 2.09. The molecule has 1 aromatic carbocycles. The zero-order valence-corrected chi connectivity index (χ0v) is 12.3. The van der Waals surface area contributed by atoms with Crippen molar-refractivity contribution in [1.29, 1.82) is 0 Å². The van der Waals surface area contributed by atoms with Crippen molar-refractivity contribution < 1.29 is 13.5 Å². The quantitative estimate of drug-likeness (QED) is 0.798. The van der Waals surface area contributed by atoms with Crippen LogP contribution in [0.2, 0.25) is 0 Å². The van der Waals surface area contributed by atoms with Crippen LogP contribution in [0.25, 0.3) is 0 Å². The number of benzene rings is 1. The maximum absolute atomic E-state index is 13.6. The average Bonchev–Trinajstić information content (AvgIpc) is 2.37. The van der Waals surface area contributed by atoms with Crippen LogP contribution < -0.4 is 10.3 Å². The fourth-order valence-corrected chi connectivity index (χ4v) is 2.00. The van der Waals surface area contributed by atoms with Gasteiger partial charge in [0, 0.05) is 22.9 Å². The minimum atomic E-state index is -1.17. The van der Waals surface area contributed by atoms with E-state index in [2.05, 4.69) is 20.9 Å². The van der Waals surface area contributed by atoms with Crippen molar-refractivity contribution in [2.24, 2.45) is 0 Å². The van der Waals surface area contributed by atoms with E-state index in [0.717, 1.165) is 6.07 Å². The molecule has 0 atom stereocenters. The molecule has 0 spiro atoms. The summed E-state index contributed by atoms with van der Waals surface area (Å²) in [5.41, 5.74) is -0.512. The zero-order valence-electron chi connectivity index (χ0n) is 10.7. The second-order valence-electron chi connectivity index (χ2n) is 4.34. The molecule has 0 aliphatic rings. The molecule has 0 aliphatic carbocycles. The van der Waals surface area contributed by atoms with Crippen molar-refractivity contribution in [2.75, 3.05) is 0 Å². The van der Waals surface area contributed by atoms with Crippen molar-refractivity contribution in [2.45, 2.75) is 19.9 Å². The Balaban J connectivity index is 2.46. The van der Waals surface area contributed by atoms with E-state index in [9.17, 15) is 13.6 Å². The van der Waals surface area contributed by atoms with Gasteiger partial charge in [-0.2, -0.15) is 4.39 Å². The molecular formula is C13H11BrF2N2O2. The molecule has 0 radical (unpaired) electrons. The van der Waals surface area contributed by atoms with E-state index >= 15 is 0 Å². The van der Waals surface area contributed by atoms with Crippen molar-refractivity contribution >= 4 is 15.9 Å². The maximum Gasteiger partial charge on any atom is 0.313 e. The first-order valence-electron chi connectivity index (χ1n) is 5.79. The second-order valence-corrected chi connectivity index (χ2v) is 5.26. The molecule has 0 saturated heterocycles. The van der Waals surface area contributed by atoms with Gasteiger partial charge < -0.3 is 9.30 Å². The molecule has 1 heterocycles. The van der Waals surface area contributed by atoms with Crippen LogP contribution in [0.15, 0.2) is 33.8 Å². The second kappa shape index (κ2) is 5.70. The lowest BCUT2D eigenvalue weighted by Gasteiger charge is -2.11. The molecule has 0 saturated carbocycles. The van der Waals surface area contributed by atoms with E-state index in [4.69, 9.17) is 4.74 Å². The van der Waals surface area contributed by atoms with Crippen molar-refractivity contribution in [3.05, 3.63) is 51.0 Å². The van der Waals surface area contributed by atoms with E-state index in [1.165, 1.54) is 23.0 Å². The molecule has 0 aliphatic heterocycles. The first kappa shape index (κ1) is 14.6. The van der Waals surface area contributed by atoms with Gasteiger partial charge in [0.05, 0.1) is 0 Å². The van der Waals surface area contributed by atoms with Crippen LogP contribution in [-0.2, 0) is 0 Å². The van der Waals surface area contributed by atoms with E-state index in [1.807, 2.05) is 13.8 Å². The SMILES string of the molecule is CC(C)n1ccnc(Oc2cc(Br)cc(F)c2F)c1=O. The highest BCUT2D eigenvalue weighted by Gasteiger charge is 2.15. The van der Waals surface area contributed by atoms with Gasteiger partial charge in [-0.05, 0) is 26.0 Å². The Labute approximate surface area is 122 Å². The summed E-state index contributed by atoms with van der Waals surface area (Å²) in [6.45, 7) is 3.62. The average molecular weight is 345 g/mol. The highest BCUT2D eigenvalue weighted by atomic mass is 79.9. The Morgan fingerprint density at radius 1 is 1.35 bits per heavy atom. The molecular weight excluding hydrogens is 334 g/mol. The van der Waals surface area contributed by atoms with E-state index in [0.29, 0.717) is 4.47 Å². The van der Waals surface area contributed by atoms with E-state index in [-0.39, 0.29) is 11.9 Å². The minimum absolute atomic E-state index is 0.100. The van der Waals surface area contributed by atoms with Crippen molar-refractivity contribution in [3.8, 4) is 11.6 Å². The lowest BCUT2D eigenvalue weighted by Crippen LogP contribution is -2.23. The number of hydrogen-bond acceptors (Lipinski definition) is 3. The summed E-state index contributed by atoms with van der Waals surface area (Å²) in [4.78, 5) is 15.8. The molecule has 4 nitrogen and oxygen atoms in total. The lowest BCUT2D eigenvalue weighted by molar-refractivity contribution is 0.392. The Kier molecular flexibility index (Phi) is 4.17. The van der Waals surface area contributed by atoms with Gasteiger partial charge in [-0.3, -0.25) is 4.79 Å². The molecule has 0 N–H and O–H groups in total. The number of hydrogen-bond donors (Lipinski definition) is 0. The predicted octanol–water partition coefficient (Wildman–Crippen LogP) is 3.66. The largest absolute Gasteiger partial charge is 0.431 e. The maximum atomic E-state index is 13.6. The highest BCUT2D eigenvalue weighted by Crippen LogP contribution is 2.27. The Morgan fingerprint density at radius 3 is 2.70 bits per heavy atom. The Morgan fingerprint density at radius 2 is 2.05 bits per heavy atom. The van der Waals surface area contributed by atoms with Crippen LogP contribution in [0.5, 0.6) is 11.6 Å². The number of halogens is 3. The molecule has 0 amide bonds. The zero-order chi connectivity index (χ0) is 14.9. The molecule has 0 fully saturated rings. The van der Waals surface area contributed by atoms with E-state index in [1.54, 1.807) is 0 Å². The fourth-order valence-electron chi connectivity index (χ4n) is 1.59. The van der Waals surface area contributed by atoms with Crippen molar-refractivity contribution in [3.63, 3.8) is 0 Å². The summed E-state index contributed by atoms with van der Waals surface area (Å²) in [5.74, 6) is -2.95. The Bertz CT molecular complexity index is 701. The van der Waals surface area contributed by atoms with Gasteiger partial charge in [0.15, 0.2) is 11.6 Å². The van der Waals surface area contributed by atoms with Gasteiger partial charge in [0.25, 0.3) is 5.88 Å². The number of rotatable bonds is 3. The molecule has 106 valence electrons. The third-order valence-corrected chi connectivity index (χ3v) is 3.02.